The van der Waals surface area contributed by atoms with Crippen molar-refractivity contribution in [3.05, 3.63) is 165 Å². The summed E-state index contributed by atoms with van der Waals surface area (Å²) in [5.74, 6) is -0.560. The van der Waals surface area contributed by atoms with E-state index in [0.29, 0.717) is 12.3 Å². The second kappa shape index (κ2) is 16.1. The minimum atomic E-state index is -0.757. The Kier molecular flexibility index (Phi) is 10.7. The highest BCUT2D eigenvalue weighted by atomic mass is 16.7. The molecular weight excluding hydrogens is 712 g/mol. The molecule has 11 heteroatoms. The predicted octanol–water partition coefficient (Wildman–Crippen LogP) is 6.43. The van der Waals surface area contributed by atoms with Gasteiger partial charge in [0.15, 0.2) is 17.8 Å². The maximum Gasteiger partial charge on any atom is 0.346 e. The number of fused-ring (bicyclic) bond motifs is 2. The van der Waals surface area contributed by atoms with E-state index >= 15 is 0 Å². The van der Waals surface area contributed by atoms with Crippen molar-refractivity contribution in [3.63, 3.8) is 0 Å². The fourth-order valence-electron chi connectivity index (χ4n) is 7.82. The highest BCUT2D eigenvalue weighted by Gasteiger charge is 2.43. The number of esters is 2. The second-order valence-electron chi connectivity index (χ2n) is 14.2. The molecule has 0 bridgehead atoms. The van der Waals surface area contributed by atoms with Crippen LogP contribution in [-0.4, -0.2) is 61.3 Å². The number of rotatable bonds is 11. The van der Waals surface area contributed by atoms with Crippen LogP contribution in [0.1, 0.15) is 88.3 Å². The molecule has 0 aliphatic carbocycles. The molecule has 5 aromatic carbocycles. The maximum absolute atomic E-state index is 13.0. The molecule has 4 atom stereocenters. The van der Waals surface area contributed by atoms with Gasteiger partial charge in [0, 0.05) is 43.2 Å². The molecule has 11 nitrogen and oxygen atoms in total. The van der Waals surface area contributed by atoms with E-state index in [-0.39, 0.29) is 53.9 Å². The van der Waals surface area contributed by atoms with E-state index in [4.69, 9.17) is 18.9 Å². The molecule has 286 valence electrons. The summed E-state index contributed by atoms with van der Waals surface area (Å²) in [7, 11) is 3.31. The molecule has 1 amide bonds. The van der Waals surface area contributed by atoms with E-state index in [1.807, 2.05) is 66.7 Å². The first-order valence-corrected chi connectivity index (χ1v) is 18.6. The average molecular weight is 755 g/mol. The number of amides is 1. The summed E-state index contributed by atoms with van der Waals surface area (Å²) >= 11 is 0. The molecular formula is C45H42N2O9. The van der Waals surface area contributed by atoms with Crippen molar-refractivity contribution < 1.29 is 43.2 Å². The number of methoxy groups -OCH3 is 2. The van der Waals surface area contributed by atoms with E-state index < -0.39 is 18.2 Å². The summed E-state index contributed by atoms with van der Waals surface area (Å²) in [6.07, 6.45) is -0.462. The molecule has 0 aromatic heterocycles. The van der Waals surface area contributed by atoms with Crippen molar-refractivity contribution in [3.8, 4) is 11.5 Å². The lowest BCUT2D eigenvalue weighted by molar-refractivity contribution is -0.263. The first-order chi connectivity index (χ1) is 27.3. The van der Waals surface area contributed by atoms with E-state index in [0.717, 1.165) is 53.1 Å². The Morgan fingerprint density at radius 2 is 1.45 bits per heavy atom. The van der Waals surface area contributed by atoms with Gasteiger partial charge in [0.1, 0.15) is 0 Å². The van der Waals surface area contributed by atoms with Crippen LogP contribution in [0.3, 0.4) is 0 Å². The van der Waals surface area contributed by atoms with Gasteiger partial charge in [-0.3, -0.25) is 9.69 Å². The molecule has 3 aliphatic heterocycles. The molecule has 8 rings (SSSR count). The Morgan fingerprint density at radius 1 is 0.768 bits per heavy atom. The fraction of sp³-hybridized carbons (Fsp3) is 0.267. The van der Waals surface area contributed by atoms with E-state index in [1.54, 1.807) is 14.2 Å². The van der Waals surface area contributed by atoms with Gasteiger partial charge in [-0.15, -0.1) is 0 Å². The summed E-state index contributed by atoms with van der Waals surface area (Å²) in [5, 5.41) is 12.7. The lowest BCUT2D eigenvalue weighted by atomic mass is 9.82. The van der Waals surface area contributed by atoms with E-state index in [2.05, 4.69) is 39.2 Å². The number of aliphatic hydroxyl groups excluding tert-OH is 1. The third-order valence-corrected chi connectivity index (χ3v) is 10.8. The number of cyclic esters (lactones) is 2. The molecule has 0 radical (unpaired) electrons. The highest BCUT2D eigenvalue weighted by Crippen LogP contribution is 2.47. The zero-order chi connectivity index (χ0) is 38.8. The van der Waals surface area contributed by atoms with Gasteiger partial charge in [-0.1, -0.05) is 78.9 Å². The standard InChI is InChI=1S/C45H42N2O9/c1-52-37-21-32-18-19-47(24-34(32)22-38(37)53-2)25-39-40(29-6-4-3-5-7-29)41(30-12-10-28(26-48)11-13-30)55-45(54-39)31-14-8-27(9-15-31)23-46-42(49)33-16-17-35-36(20-33)44(51)56-43(35)50/h3-17,20-22,39-41,45,48H,18-19,23-26H2,1-2H3,(H,46,49)/t39-,40-,41+,45?/m1/s1. The van der Waals surface area contributed by atoms with Crippen LogP contribution in [0, 0.1) is 0 Å². The number of benzene rings is 5. The molecule has 5 aromatic rings. The summed E-state index contributed by atoms with van der Waals surface area (Å²) < 4.78 is 29.8. The van der Waals surface area contributed by atoms with Gasteiger partial charge in [-0.2, -0.15) is 0 Å². The van der Waals surface area contributed by atoms with Gasteiger partial charge in [0.05, 0.1) is 44.2 Å². The largest absolute Gasteiger partial charge is 0.493 e. The minimum Gasteiger partial charge on any atom is -0.493 e. The first kappa shape index (κ1) is 37.1. The molecule has 1 fully saturated rings. The smallest absolute Gasteiger partial charge is 0.346 e. The molecule has 3 heterocycles. The highest BCUT2D eigenvalue weighted by molar-refractivity contribution is 6.15. The van der Waals surface area contributed by atoms with Crippen molar-refractivity contribution in [1.29, 1.82) is 0 Å². The van der Waals surface area contributed by atoms with Crippen LogP contribution in [0.25, 0.3) is 0 Å². The maximum atomic E-state index is 13.0. The zero-order valence-corrected chi connectivity index (χ0v) is 31.1. The first-order valence-electron chi connectivity index (χ1n) is 18.6. The summed E-state index contributed by atoms with van der Waals surface area (Å²) in [6.45, 7) is 2.41. The van der Waals surface area contributed by atoms with Gasteiger partial charge < -0.3 is 34.1 Å². The Morgan fingerprint density at radius 3 is 2.16 bits per heavy atom. The normalized spacial score (nSPS) is 20.5. The Labute approximate surface area is 324 Å². The van der Waals surface area contributed by atoms with Crippen LogP contribution in [0.2, 0.25) is 0 Å². The lowest BCUT2D eigenvalue weighted by Crippen LogP contribution is -2.45. The number of ether oxygens (including phenoxy) is 5. The van der Waals surface area contributed by atoms with E-state index in [9.17, 15) is 19.5 Å². The van der Waals surface area contributed by atoms with Crippen molar-refractivity contribution in [2.45, 2.75) is 50.5 Å². The number of aliphatic hydroxyl groups is 1. The number of carbonyl (C=O) groups excluding carboxylic acids is 3. The van der Waals surface area contributed by atoms with Crippen molar-refractivity contribution in [1.82, 2.24) is 10.2 Å². The number of nitrogens with one attached hydrogen (secondary N) is 1. The second-order valence-corrected chi connectivity index (χ2v) is 14.2. The molecule has 56 heavy (non-hydrogen) atoms. The molecule has 2 N–H and O–H groups in total. The van der Waals surface area contributed by atoms with Crippen LogP contribution in [0.15, 0.2) is 109 Å². The third-order valence-electron chi connectivity index (χ3n) is 10.8. The predicted molar refractivity (Wildman–Crippen MR) is 205 cm³/mol. The topological polar surface area (TPSA) is 133 Å². The molecule has 0 spiro atoms. The third kappa shape index (κ3) is 7.54. The average Bonchev–Trinajstić information content (AvgIpc) is 3.53. The van der Waals surface area contributed by atoms with Crippen LogP contribution in [-0.2, 0) is 40.3 Å². The van der Waals surface area contributed by atoms with Crippen molar-refractivity contribution in [2.75, 3.05) is 27.3 Å². The Bertz CT molecular complexity index is 2240. The van der Waals surface area contributed by atoms with Gasteiger partial charge >= 0.3 is 11.9 Å². The van der Waals surface area contributed by atoms with Crippen LogP contribution in [0.5, 0.6) is 11.5 Å². The van der Waals surface area contributed by atoms with Gasteiger partial charge in [-0.05, 0) is 70.1 Å². The number of hydrogen-bond donors (Lipinski definition) is 2. The minimum absolute atomic E-state index is 0.0505. The molecule has 1 unspecified atom stereocenters. The molecule has 1 saturated heterocycles. The summed E-state index contributed by atoms with van der Waals surface area (Å²) in [4.78, 5) is 39.2. The molecule has 0 saturated carbocycles. The SMILES string of the molecule is COc1cc2c(cc1OC)CN(C[C@H]1OC(c3ccc(CNC(=O)c4ccc5c(c4)C(=O)OC5=O)cc3)O[C@@H](c3ccc(CO)cc3)[C@@H]1c1ccccc1)CC2. The Balaban J connectivity index is 1.05. The quantitative estimate of drug-likeness (QED) is 0.115. The zero-order valence-electron chi connectivity index (χ0n) is 31.1. The molecule has 3 aliphatic rings. The van der Waals surface area contributed by atoms with Crippen LogP contribution in [0.4, 0.5) is 0 Å². The number of nitrogens with zero attached hydrogens (tertiary/aromatic N) is 1. The van der Waals surface area contributed by atoms with E-state index in [1.165, 1.54) is 29.3 Å². The van der Waals surface area contributed by atoms with Crippen molar-refractivity contribution in [2.24, 2.45) is 0 Å². The summed E-state index contributed by atoms with van der Waals surface area (Å²) in [6, 6.07) is 34.4. The fourth-order valence-corrected chi connectivity index (χ4v) is 7.82. The Hall–Kier alpha value is -5.85. The number of hydrogen-bond acceptors (Lipinski definition) is 10. The van der Waals surface area contributed by atoms with Crippen LogP contribution >= 0.6 is 0 Å². The van der Waals surface area contributed by atoms with Gasteiger partial charge in [0.2, 0.25) is 0 Å². The van der Waals surface area contributed by atoms with Gasteiger partial charge in [0.25, 0.3) is 5.91 Å². The summed E-state index contributed by atoms with van der Waals surface area (Å²) in [5.41, 5.74) is 7.52. The number of carbonyl (C=O) groups is 3. The monoisotopic (exact) mass is 754 g/mol. The van der Waals surface area contributed by atoms with Gasteiger partial charge in [-0.25, -0.2) is 9.59 Å². The lowest BCUT2D eigenvalue weighted by Gasteiger charge is -2.45. The van der Waals surface area contributed by atoms with Crippen LogP contribution < -0.4 is 14.8 Å². The van der Waals surface area contributed by atoms with Crippen molar-refractivity contribution >= 4 is 17.8 Å².